The Morgan fingerprint density at radius 3 is 2.28 bits per heavy atom. The maximum Gasteiger partial charge on any atom is 0.264 e. The Bertz CT molecular complexity index is 1620. The van der Waals surface area contributed by atoms with Crippen LogP contribution in [0.2, 0.25) is 0 Å². The number of aryl methyl sites for hydroxylation is 2. The lowest BCUT2D eigenvalue weighted by Crippen LogP contribution is -2.58. The number of fused-ring (bicyclic) bond motifs is 4. The van der Waals surface area contributed by atoms with Gasteiger partial charge in [-0.1, -0.05) is 45.0 Å². The molecule has 43 heavy (non-hydrogen) atoms. The Labute approximate surface area is 254 Å². The highest BCUT2D eigenvalue weighted by molar-refractivity contribution is 7.92. The van der Waals surface area contributed by atoms with Crippen molar-refractivity contribution in [3.63, 3.8) is 0 Å². The van der Waals surface area contributed by atoms with Crippen LogP contribution >= 0.6 is 0 Å². The minimum absolute atomic E-state index is 0.0475. The Hall–Kier alpha value is -3.50. The number of rotatable bonds is 4. The molecule has 2 aromatic carbocycles. The van der Waals surface area contributed by atoms with Crippen molar-refractivity contribution in [1.29, 1.82) is 0 Å². The number of benzene rings is 2. The first kappa shape index (κ1) is 30.9. The van der Waals surface area contributed by atoms with Crippen LogP contribution in [0.15, 0.2) is 53.4 Å². The molecule has 2 heterocycles. The lowest BCUT2D eigenvalue weighted by molar-refractivity contribution is -0.0656. The van der Waals surface area contributed by atoms with Gasteiger partial charge in [0.1, 0.15) is 6.61 Å². The van der Waals surface area contributed by atoms with E-state index < -0.39 is 15.6 Å². The maximum atomic E-state index is 14.3. The monoisotopic (exact) mass is 606 g/mol. The molecule has 9 nitrogen and oxygen atoms in total. The number of anilines is 1. The van der Waals surface area contributed by atoms with Crippen LogP contribution in [-0.2, 0) is 10.0 Å². The van der Waals surface area contributed by atoms with Gasteiger partial charge >= 0.3 is 0 Å². The second-order valence-corrected chi connectivity index (χ2v) is 15.4. The van der Waals surface area contributed by atoms with Crippen molar-refractivity contribution in [3.05, 3.63) is 65.2 Å². The fourth-order valence-electron chi connectivity index (χ4n) is 6.16. The standard InChI is InChI=1S/C33H42N4O5S/c1-20-10-8-11-21(2)29(20)27-17-28-35-31(34-27)36-43(40,41)26-13-9-12-22(14-26)30(38)37(24-15-23(16-24)33(6,7)39)25(19-42-28)18-32(3,4)5/h8-14,17,23-25,39H,15-16,18-19H2,1-7H3,(H,34,35,36)/t23?,24?,25-/m1/s1. The predicted octanol–water partition coefficient (Wildman–Crippen LogP) is 5.75. The molecule has 4 bridgehead atoms. The highest BCUT2D eigenvalue weighted by Gasteiger charge is 2.46. The molecular formula is C33H42N4O5S. The molecule has 0 saturated heterocycles. The van der Waals surface area contributed by atoms with E-state index in [9.17, 15) is 18.3 Å². The summed E-state index contributed by atoms with van der Waals surface area (Å²) in [6, 6.07) is 13.3. The predicted molar refractivity (Wildman–Crippen MR) is 167 cm³/mol. The number of ether oxygens (including phenoxy) is 1. The molecule has 230 valence electrons. The van der Waals surface area contributed by atoms with E-state index in [1.54, 1.807) is 32.0 Å². The largest absolute Gasteiger partial charge is 0.475 e. The number of hydrogen-bond acceptors (Lipinski definition) is 7. The molecule has 1 aliphatic carbocycles. The molecule has 1 saturated carbocycles. The molecule has 2 aliphatic rings. The molecule has 10 heteroatoms. The molecule has 0 unspecified atom stereocenters. The zero-order valence-corrected chi connectivity index (χ0v) is 26.8. The zero-order chi connectivity index (χ0) is 31.3. The summed E-state index contributed by atoms with van der Waals surface area (Å²) in [6.07, 6.45) is 1.92. The normalized spacial score (nSPS) is 22.3. The van der Waals surface area contributed by atoms with E-state index in [0.29, 0.717) is 25.0 Å². The number of nitrogens with zero attached hydrogens (tertiary/aromatic N) is 3. The fraction of sp³-hybridized carbons (Fsp3) is 0.485. The molecule has 1 atom stereocenters. The first-order valence-electron chi connectivity index (χ1n) is 14.8. The topological polar surface area (TPSA) is 122 Å². The highest BCUT2D eigenvalue weighted by atomic mass is 32.2. The Morgan fingerprint density at radius 1 is 1.00 bits per heavy atom. The Kier molecular flexibility index (Phi) is 8.07. The van der Waals surface area contributed by atoms with Crippen LogP contribution < -0.4 is 9.46 Å². The summed E-state index contributed by atoms with van der Waals surface area (Å²) in [5, 5.41) is 10.6. The number of nitrogens with one attached hydrogen (secondary N) is 1. The third-order valence-corrected chi connectivity index (χ3v) is 9.79. The fourth-order valence-corrected chi connectivity index (χ4v) is 7.15. The summed E-state index contributed by atoms with van der Waals surface area (Å²) >= 11 is 0. The van der Waals surface area contributed by atoms with Gasteiger partial charge in [0.2, 0.25) is 11.8 Å². The molecular weight excluding hydrogens is 564 g/mol. The maximum absolute atomic E-state index is 14.3. The van der Waals surface area contributed by atoms with Crippen molar-refractivity contribution in [2.24, 2.45) is 11.3 Å². The Balaban J connectivity index is 1.65. The molecule has 5 rings (SSSR count). The van der Waals surface area contributed by atoms with Gasteiger partial charge in [-0.3, -0.25) is 4.79 Å². The van der Waals surface area contributed by atoms with E-state index in [0.717, 1.165) is 16.7 Å². The number of sulfonamides is 1. The zero-order valence-electron chi connectivity index (χ0n) is 26.0. The van der Waals surface area contributed by atoms with Crippen LogP contribution in [0.3, 0.4) is 0 Å². The van der Waals surface area contributed by atoms with E-state index in [1.165, 1.54) is 12.1 Å². The van der Waals surface area contributed by atoms with Gasteiger partial charge in [-0.05, 0) is 87.6 Å². The van der Waals surface area contributed by atoms with Crippen molar-refractivity contribution >= 4 is 21.9 Å². The number of amides is 1. The first-order chi connectivity index (χ1) is 20.0. The summed E-state index contributed by atoms with van der Waals surface area (Å²) < 4.78 is 36.0. The van der Waals surface area contributed by atoms with Gasteiger partial charge in [0, 0.05) is 23.2 Å². The van der Waals surface area contributed by atoms with E-state index in [2.05, 4.69) is 35.5 Å². The molecule has 1 amide bonds. The average molecular weight is 607 g/mol. The number of carbonyl (C=O) groups excluding carboxylic acids is 1. The molecule has 3 aromatic rings. The van der Waals surface area contributed by atoms with Gasteiger partial charge < -0.3 is 14.7 Å². The van der Waals surface area contributed by atoms with E-state index >= 15 is 0 Å². The van der Waals surface area contributed by atoms with Crippen LogP contribution in [0.25, 0.3) is 11.3 Å². The van der Waals surface area contributed by atoms with Crippen molar-refractivity contribution < 1.29 is 23.1 Å². The lowest BCUT2D eigenvalue weighted by atomic mass is 9.70. The lowest BCUT2D eigenvalue weighted by Gasteiger charge is -2.50. The number of carbonyl (C=O) groups is 1. The summed E-state index contributed by atoms with van der Waals surface area (Å²) in [6.45, 7) is 14.1. The summed E-state index contributed by atoms with van der Waals surface area (Å²) in [7, 11) is -4.14. The summed E-state index contributed by atoms with van der Waals surface area (Å²) in [5.41, 5.74) is 2.65. The third kappa shape index (κ3) is 6.70. The van der Waals surface area contributed by atoms with Gasteiger partial charge in [0.05, 0.1) is 22.2 Å². The Morgan fingerprint density at radius 2 is 1.65 bits per heavy atom. The second-order valence-electron chi connectivity index (χ2n) is 13.7. The smallest absolute Gasteiger partial charge is 0.264 e. The molecule has 1 fully saturated rings. The molecule has 1 aliphatic heterocycles. The first-order valence-corrected chi connectivity index (χ1v) is 16.3. The van der Waals surface area contributed by atoms with Gasteiger partial charge in [0.15, 0.2) is 0 Å². The SMILES string of the molecule is Cc1cccc(C)c1-c1cc2nc(n1)NS(=O)(=O)c1cccc(c1)C(=O)N(C1CC(C(C)(C)O)C1)[C@H](CC(C)(C)C)CO2. The summed E-state index contributed by atoms with van der Waals surface area (Å²) in [5.74, 6) is -0.110. The highest BCUT2D eigenvalue weighted by Crippen LogP contribution is 2.42. The van der Waals surface area contributed by atoms with Gasteiger partial charge in [-0.15, -0.1) is 0 Å². The minimum Gasteiger partial charge on any atom is -0.475 e. The van der Waals surface area contributed by atoms with Crippen LogP contribution in [0.1, 0.15) is 75.4 Å². The molecule has 2 N–H and O–H groups in total. The second kappa shape index (κ2) is 11.2. The van der Waals surface area contributed by atoms with Gasteiger partial charge in [0.25, 0.3) is 15.9 Å². The van der Waals surface area contributed by atoms with Crippen LogP contribution in [0.4, 0.5) is 5.95 Å². The molecule has 0 spiro atoms. The van der Waals surface area contributed by atoms with Crippen molar-refractivity contribution in [3.8, 4) is 17.1 Å². The van der Waals surface area contributed by atoms with E-state index in [4.69, 9.17) is 4.74 Å². The molecule has 0 radical (unpaired) electrons. The quantitative estimate of drug-likeness (QED) is 0.388. The van der Waals surface area contributed by atoms with Crippen molar-refractivity contribution in [2.45, 2.75) is 90.3 Å². The molecule has 1 aromatic heterocycles. The van der Waals surface area contributed by atoms with E-state index in [-0.39, 0.29) is 58.2 Å². The van der Waals surface area contributed by atoms with Crippen molar-refractivity contribution in [2.75, 3.05) is 11.3 Å². The minimum atomic E-state index is -4.14. The number of aliphatic hydroxyl groups is 1. The third-order valence-electron chi connectivity index (χ3n) is 8.46. The van der Waals surface area contributed by atoms with Crippen LogP contribution in [0, 0.1) is 25.2 Å². The number of aromatic nitrogens is 2. The van der Waals surface area contributed by atoms with E-state index in [1.807, 2.05) is 36.9 Å². The summed E-state index contributed by atoms with van der Waals surface area (Å²) in [4.78, 5) is 25.1. The van der Waals surface area contributed by atoms with Crippen LogP contribution in [-0.4, -0.2) is 58.6 Å². The van der Waals surface area contributed by atoms with Gasteiger partial charge in [-0.25, -0.2) is 18.1 Å². The van der Waals surface area contributed by atoms with Crippen molar-refractivity contribution in [1.82, 2.24) is 14.9 Å². The average Bonchev–Trinajstić information content (AvgIpc) is 2.86. The number of hydrogen-bond donors (Lipinski definition) is 2. The van der Waals surface area contributed by atoms with Gasteiger partial charge in [-0.2, -0.15) is 4.98 Å². The van der Waals surface area contributed by atoms with Crippen LogP contribution in [0.5, 0.6) is 5.88 Å².